The zero-order valence-corrected chi connectivity index (χ0v) is 9.41. The molecule has 0 bridgehead atoms. The first-order valence-electron chi connectivity index (χ1n) is 5.10. The van der Waals surface area contributed by atoms with Crippen LogP contribution >= 0.6 is 0 Å². The smallest absolute Gasteiger partial charge is 0.0148 e. The van der Waals surface area contributed by atoms with Crippen molar-refractivity contribution in [3.05, 3.63) is 0 Å². The minimum Gasteiger partial charge on any atom is -0.325 e. The van der Waals surface area contributed by atoms with Gasteiger partial charge in [-0.15, -0.1) is 0 Å². The molecule has 0 saturated carbocycles. The van der Waals surface area contributed by atoms with Crippen molar-refractivity contribution in [2.45, 2.75) is 65.8 Å². The van der Waals surface area contributed by atoms with Crippen molar-refractivity contribution in [3.63, 3.8) is 0 Å². The lowest BCUT2D eigenvalue weighted by molar-refractivity contribution is 0.180. The van der Waals surface area contributed by atoms with Gasteiger partial charge in [-0.2, -0.15) is 0 Å². The summed E-state index contributed by atoms with van der Waals surface area (Å²) >= 11 is 0. The van der Waals surface area contributed by atoms with Crippen LogP contribution in [0.3, 0.4) is 0 Å². The summed E-state index contributed by atoms with van der Waals surface area (Å²) in [6, 6.07) is 0. The molecule has 0 heterocycles. The maximum atomic E-state index is 6.10. The van der Waals surface area contributed by atoms with E-state index in [2.05, 4.69) is 34.6 Å². The van der Waals surface area contributed by atoms with Crippen LogP contribution in [0.25, 0.3) is 0 Å². The van der Waals surface area contributed by atoms with Gasteiger partial charge >= 0.3 is 0 Å². The van der Waals surface area contributed by atoms with Gasteiger partial charge in [0.25, 0.3) is 0 Å². The van der Waals surface area contributed by atoms with Gasteiger partial charge in [-0.25, -0.2) is 0 Å². The topological polar surface area (TPSA) is 26.0 Å². The maximum Gasteiger partial charge on any atom is 0.0148 e. The van der Waals surface area contributed by atoms with Crippen molar-refractivity contribution in [2.75, 3.05) is 0 Å². The van der Waals surface area contributed by atoms with E-state index in [0.29, 0.717) is 0 Å². The van der Waals surface area contributed by atoms with Crippen LogP contribution in [0.15, 0.2) is 0 Å². The molecule has 0 aliphatic rings. The Hall–Kier alpha value is -0.0400. The molecule has 12 heavy (non-hydrogen) atoms. The summed E-state index contributed by atoms with van der Waals surface area (Å²) in [7, 11) is 0. The van der Waals surface area contributed by atoms with Crippen molar-refractivity contribution in [1.82, 2.24) is 0 Å². The molecule has 0 spiro atoms. The molecule has 0 aromatic carbocycles. The second-order valence-corrected chi connectivity index (χ2v) is 5.06. The van der Waals surface area contributed by atoms with E-state index in [4.69, 9.17) is 5.73 Å². The Labute approximate surface area is 77.7 Å². The van der Waals surface area contributed by atoms with Crippen LogP contribution in [-0.2, 0) is 0 Å². The van der Waals surface area contributed by atoms with E-state index < -0.39 is 0 Å². The standard InChI is InChI=1S/C11H25N/c1-6-7-8-9-10(2,3)11(4,5)12/h6-9,12H2,1-5H3. The maximum absolute atomic E-state index is 6.10. The molecule has 74 valence electrons. The molecule has 0 rings (SSSR count). The Kier molecular flexibility index (Phi) is 4.25. The van der Waals surface area contributed by atoms with E-state index in [-0.39, 0.29) is 11.0 Å². The van der Waals surface area contributed by atoms with Gasteiger partial charge in [0.05, 0.1) is 0 Å². The minimum absolute atomic E-state index is 0.0548. The molecule has 2 N–H and O–H groups in total. The molecule has 0 aliphatic carbocycles. The van der Waals surface area contributed by atoms with Gasteiger partial charge in [0.2, 0.25) is 0 Å². The predicted molar refractivity (Wildman–Crippen MR) is 56.2 cm³/mol. The molecule has 0 amide bonds. The second kappa shape index (κ2) is 4.27. The molecular weight excluding hydrogens is 146 g/mol. The van der Waals surface area contributed by atoms with Gasteiger partial charge < -0.3 is 5.73 Å². The van der Waals surface area contributed by atoms with E-state index in [1.807, 2.05) is 0 Å². The van der Waals surface area contributed by atoms with E-state index >= 15 is 0 Å². The van der Waals surface area contributed by atoms with Gasteiger partial charge in [-0.1, -0.05) is 40.0 Å². The Morgan fingerprint density at radius 3 is 1.83 bits per heavy atom. The van der Waals surface area contributed by atoms with Gasteiger partial charge in [-0.05, 0) is 25.7 Å². The van der Waals surface area contributed by atoms with Gasteiger partial charge in [0, 0.05) is 5.54 Å². The highest BCUT2D eigenvalue weighted by Crippen LogP contribution is 2.33. The monoisotopic (exact) mass is 171 g/mol. The third-order valence-electron chi connectivity index (χ3n) is 3.15. The fourth-order valence-corrected chi connectivity index (χ4v) is 1.14. The summed E-state index contributed by atoms with van der Waals surface area (Å²) < 4.78 is 0. The third-order valence-corrected chi connectivity index (χ3v) is 3.15. The number of hydrogen-bond donors (Lipinski definition) is 1. The van der Waals surface area contributed by atoms with Crippen LogP contribution in [0.5, 0.6) is 0 Å². The number of nitrogens with two attached hydrogens (primary N) is 1. The molecule has 0 unspecified atom stereocenters. The molecule has 0 saturated heterocycles. The third kappa shape index (κ3) is 3.57. The lowest BCUT2D eigenvalue weighted by Crippen LogP contribution is -2.47. The van der Waals surface area contributed by atoms with E-state index in [9.17, 15) is 0 Å². The van der Waals surface area contributed by atoms with Crippen molar-refractivity contribution in [1.29, 1.82) is 0 Å². The first-order valence-corrected chi connectivity index (χ1v) is 5.10. The van der Waals surface area contributed by atoms with Crippen LogP contribution in [-0.4, -0.2) is 5.54 Å². The van der Waals surface area contributed by atoms with E-state index in [1.165, 1.54) is 25.7 Å². The zero-order valence-electron chi connectivity index (χ0n) is 9.41. The minimum atomic E-state index is -0.0548. The molecule has 0 atom stereocenters. The quantitative estimate of drug-likeness (QED) is 0.631. The summed E-state index contributed by atoms with van der Waals surface area (Å²) in [5, 5.41) is 0. The summed E-state index contributed by atoms with van der Waals surface area (Å²) in [5.41, 5.74) is 6.31. The predicted octanol–water partition coefficient (Wildman–Crippen LogP) is 3.33. The largest absolute Gasteiger partial charge is 0.325 e. The first-order chi connectivity index (χ1) is 5.31. The highest BCUT2D eigenvalue weighted by atomic mass is 14.7. The Balaban J connectivity index is 3.88. The average molecular weight is 171 g/mol. The van der Waals surface area contributed by atoms with Gasteiger partial charge in [0.1, 0.15) is 0 Å². The Morgan fingerprint density at radius 1 is 1.00 bits per heavy atom. The number of rotatable bonds is 5. The summed E-state index contributed by atoms with van der Waals surface area (Å²) in [6.45, 7) is 11.0. The highest BCUT2D eigenvalue weighted by molar-refractivity contribution is 4.89. The normalized spacial score (nSPS) is 13.5. The van der Waals surface area contributed by atoms with Gasteiger partial charge in [-0.3, -0.25) is 0 Å². The lowest BCUT2D eigenvalue weighted by Gasteiger charge is -2.38. The van der Waals surface area contributed by atoms with Crippen LogP contribution in [0.4, 0.5) is 0 Å². The fourth-order valence-electron chi connectivity index (χ4n) is 1.14. The molecule has 1 nitrogen and oxygen atoms in total. The zero-order chi connectivity index (χ0) is 9.83. The molecule has 0 fully saturated rings. The van der Waals surface area contributed by atoms with E-state index in [1.54, 1.807) is 0 Å². The van der Waals surface area contributed by atoms with Crippen molar-refractivity contribution < 1.29 is 0 Å². The summed E-state index contributed by atoms with van der Waals surface area (Å²) in [6.07, 6.45) is 5.18. The van der Waals surface area contributed by atoms with Crippen molar-refractivity contribution in [3.8, 4) is 0 Å². The van der Waals surface area contributed by atoms with Crippen LogP contribution in [0.1, 0.15) is 60.3 Å². The highest BCUT2D eigenvalue weighted by Gasteiger charge is 2.32. The SMILES string of the molecule is CCCCCC(C)(C)C(C)(C)N. The number of unbranched alkanes of at least 4 members (excludes halogenated alkanes) is 2. The molecule has 1 heteroatoms. The van der Waals surface area contributed by atoms with Crippen LogP contribution < -0.4 is 5.73 Å². The van der Waals surface area contributed by atoms with E-state index in [0.717, 1.165) is 0 Å². The van der Waals surface area contributed by atoms with Crippen LogP contribution in [0, 0.1) is 5.41 Å². The van der Waals surface area contributed by atoms with Crippen molar-refractivity contribution in [2.24, 2.45) is 11.1 Å². The molecule has 0 aromatic rings. The fraction of sp³-hybridized carbons (Fsp3) is 1.00. The molecule has 0 aromatic heterocycles. The van der Waals surface area contributed by atoms with Gasteiger partial charge in [0.15, 0.2) is 0 Å². The van der Waals surface area contributed by atoms with Crippen LogP contribution in [0.2, 0.25) is 0 Å². The molecular formula is C11H25N. The lowest BCUT2D eigenvalue weighted by atomic mass is 9.72. The second-order valence-electron chi connectivity index (χ2n) is 5.06. The average Bonchev–Trinajstić information content (AvgIpc) is 1.85. The summed E-state index contributed by atoms with van der Waals surface area (Å²) in [5.74, 6) is 0. The van der Waals surface area contributed by atoms with Crippen molar-refractivity contribution >= 4 is 0 Å². The summed E-state index contributed by atoms with van der Waals surface area (Å²) in [4.78, 5) is 0. The Morgan fingerprint density at radius 2 is 1.50 bits per heavy atom. The molecule has 0 aliphatic heterocycles. The first kappa shape index (κ1) is 12.0. The Bertz CT molecular complexity index is 119. The number of hydrogen-bond acceptors (Lipinski definition) is 1. The molecule has 0 radical (unpaired) electrons.